The number of hydrogen-bond acceptors (Lipinski definition) is 3. The fourth-order valence-electron chi connectivity index (χ4n) is 1.06. The first-order valence-electron chi connectivity index (χ1n) is 4.51. The molecule has 0 amide bonds. The van der Waals surface area contributed by atoms with E-state index in [2.05, 4.69) is 0 Å². The molecule has 5 heteroatoms. The van der Waals surface area contributed by atoms with Gasteiger partial charge in [-0.1, -0.05) is 6.07 Å². The molecule has 0 saturated heterocycles. The van der Waals surface area contributed by atoms with Crippen molar-refractivity contribution in [1.29, 1.82) is 0 Å². The maximum absolute atomic E-state index is 10.6. The van der Waals surface area contributed by atoms with E-state index in [-0.39, 0.29) is 12.4 Å². The molecule has 0 unspecified atom stereocenters. The predicted octanol–water partition coefficient (Wildman–Crippen LogP) is 2.25. The first kappa shape index (κ1) is 12.3. The summed E-state index contributed by atoms with van der Waals surface area (Å²) in [5, 5.41) is 0. The second-order valence-corrected chi connectivity index (χ2v) is 6.23. The van der Waals surface area contributed by atoms with E-state index < -0.39 is 9.05 Å². The number of aryl methyl sites for hydroxylation is 2. The van der Waals surface area contributed by atoms with Crippen LogP contribution in [0.4, 0.5) is 0 Å². The predicted molar refractivity (Wildman–Crippen MR) is 61.1 cm³/mol. The highest BCUT2D eigenvalue weighted by Crippen LogP contribution is 2.16. The number of rotatable bonds is 4. The van der Waals surface area contributed by atoms with Crippen LogP contribution in [0.1, 0.15) is 11.1 Å². The largest absolute Gasteiger partial charge is 0.492 e. The Bertz CT molecular complexity index is 440. The Balaban J connectivity index is 2.55. The van der Waals surface area contributed by atoms with Crippen LogP contribution < -0.4 is 4.74 Å². The smallest absolute Gasteiger partial charge is 0.235 e. The van der Waals surface area contributed by atoms with Crippen LogP contribution in [-0.4, -0.2) is 20.8 Å². The lowest BCUT2D eigenvalue weighted by molar-refractivity contribution is 0.341. The van der Waals surface area contributed by atoms with Crippen LogP contribution in [0.2, 0.25) is 0 Å². The maximum Gasteiger partial charge on any atom is 0.235 e. The van der Waals surface area contributed by atoms with E-state index in [0.717, 1.165) is 5.56 Å². The fraction of sp³-hybridized carbons (Fsp3) is 0.400. The molecule has 0 bridgehead atoms. The van der Waals surface area contributed by atoms with Gasteiger partial charge in [-0.25, -0.2) is 8.42 Å². The highest BCUT2D eigenvalue weighted by molar-refractivity contribution is 8.13. The molecule has 0 atom stereocenters. The zero-order chi connectivity index (χ0) is 11.5. The van der Waals surface area contributed by atoms with Gasteiger partial charge in [0.15, 0.2) is 0 Å². The first-order valence-corrected chi connectivity index (χ1v) is 6.99. The van der Waals surface area contributed by atoms with Crippen molar-refractivity contribution < 1.29 is 13.2 Å². The van der Waals surface area contributed by atoms with Gasteiger partial charge in [0.05, 0.1) is 5.75 Å². The van der Waals surface area contributed by atoms with Gasteiger partial charge in [0, 0.05) is 10.7 Å². The molecule has 0 aliphatic carbocycles. The summed E-state index contributed by atoms with van der Waals surface area (Å²) in [4.78, 5) is 0. The van der Waals surface area contributed by atoms with Gasteiger partial charge >= 0.3 is 0 Å². The normalized spacial score (nSPS) is 11.4. The lowest BCUT2D eigenvalue weighted by atomic mass is 10.1. The molecular weight excluding hydrogens is 236 g/mol. The van der Waals surface area contributed by atoms with Gasteiger partial charge < -0.3 is 4.74 Å². The molecule has 0 heterocycles. The van der Waals surface area contributed by atoms with Crippen molar-refractivity contribution in [3.63, 3.8) is 0 Å². The Morgan fingerprint density at radius 1 is 1.27 bits per heavy atom. The summed E-state index contributed by atoms with van der Waals surface area (Å²) in [6.07, 6.45) is 0. The van der Waals surface area contributed by atoms with Crippen molar-refractivity contribution >= 4 is 19.7 Å². The van der Waals surface area contributed by atoms with Gasteiger partial charge in [-0.3, -0.25) is 0 Å². The van der Waals surface area contributed by atoms with E-state index >= 15 is 0 Å². The van der Waals surface area contributed by atoms with Crippen LogP contribution in [0.25, 0.3) is 0 Å². The summed E-state index contributed by atoms with van der Waals surface area (Å²) in [5.74, 6) is 0.486. The summed E-state index contributed by atoms with van der Waals surface area (Å²) >= 11 is 0. The topological polar surface area (TPSA) is 43.4 Å². The van der Waals surface area contributed by atoms with Crippen LogP contribution >= 0.6 is 10.7 Å². The molecule has 0 aliphatic heterocycles. The first-order chi connectivity index (χ1) is 6.88. The highest BCUT2D eigenvalue weighted by Gasteiger charge is 2.05. The fourth-order valence-corrected chi connectivity index (χ4v) is 1.53. The Hall–Kier alpha value is -0.740. The number of hydrogen-bond donors (Lipinski definition) is 0. The van der Waals surface area contributed by atoms with Crippen molar-refractivity contribution in [2.75, 3.05) is 12.4 Å². The second kappa shape index (κ2) is 4.86. The molecule has 1 aromatic carbocycles. The van der Waals surface area contributed by atoms with Crippen molar-refractivity contribution in [3.05, 3.63) is 29.3 Å². The summed E-state index contributed by atoms with van der Waals surface area (Å²) in [6, 6.07) is 5.61. The van der Waals surface area contributed by atoms with Crippen LogP contribution in [0.3, 0.4) is 0 Å². The average molecular weight is 249 g/mol. The average Bonchev–Trinajstić information content (AvgIpc) is 2.09. The Labute approximate surface area is 94.4 Å². The summed E-state index contributed by atoms with van der Waals surface area (Å²) < 4.78 is 26.5. The van der Waals surface area contributed by atoms with E-state index in [1.54, 1.807) is 0 Å². The SMILES string of the molecule is Cc1ccc(OCCS(=O)(=O)Cl)cc1C. The highest BCUT2D eigenvalue weighted by atomic mass is 35.7. The molecule has 84 valence electrons. The molecule has 0 N–H and O–H groups in total. The third kappa shape index (κ3) is 4.53. The molecular formula is C10H13ClO3S. The molecule has 3 nitrogen and oxygen atoms in total. The van der Waals surface area contributed by atoms with Gasteiger partial charge in [-0.05, 0) is 37.1 Å². The minimum absolute atomic E-state index is 0.0777. The molecule has 0 saturated carbocycles. The zero-order valence-corrected chi connectivity index (χ0v) is 10.2. The molecule has 0 spiro atoms. The third-order valence-corrected chi connectivity index (χ3v) is 3.19. The molecule has 1 aromatic rings. The zero-order valence-electron chi connectivity index (χ0n) is 8.66. The second-order valence-electron chi connectivity index (χ2n) is 3.34. The number of halogens is 1. The van der Waals surface area contributed by atoms with E-state index in [1.807, 2.05) is 32.0 Å². The van der Waals surface area contributed by atoms with Crippen LogP contribution in [0.5, 0.6) is 5.75 Å². The van der Waals surface area contributed by atoms with E-state index in [1.165, 1.54) is 5.56 Å². The van der Waals surface area contributed by atoms with E-state index in [0.29, 0.717) is 5.75 Å². The Kier molecular flexibility index (Phi) is 3.99. The molecule has 0 radical (unpaired) electrons. The van der Waals surface area contributed by atoms with Gasteiger partial charge in [-0.2, -0.15) is 0 Å². The van der Waals surface area contributed by atoms with Crippen molar-refractivity contribution in [1.82, 2.24) is 0 Å². The number of ether oxygens (including phenoxy) is 1. The lowest BCUT2D eigenvalue weighted by Gasteiger charge is -2.06. The molecule has 15 heavy (non-hydrogen) atoms. The van der Waals surface area contributed by atoms with Crippen molar-refractivity contribution in [2.45, 2.75) is 13.8 Å². The molecule has 1 rings (SSSR count). The maximum atomic E-state index is 10.6. The Morgan fingerprint density at radius 3 is 2.47 bits per heavy atom. The summed E-state index contributed by atoms with van der Waals surface area (Å²) in [5.41, 5.74) is 2.29. The van der Waals surface area contributed by atoms with E-state index in [4.69, 9.17) is 15.4 Å². The monoisotopic (exact) mass is 248 g/mol. The third-order valence-electron chi connectivity index (χ3n) is 2.07. The van der Waals surface area contributed by atoms with Crippen LogP contribution in [0.15, 0.2) is 18.2 Å². The van der Waals surface area contributed by atoms with Gasteiger partial charge in [0.2, 0.25) is 9.05 Å². The number of benzene rings is 1. The van der Waals surface area contributed by atoms with Crippen LogP contribution in [-0.2, 0) is 9.05 Å². The minimum atomic E-state index is -3.47. The van der Waals surface area contributed by atoms with E-state index in [9.17, 15) is 8.42 Å². The molecule has 0 fully saturated rings. The van der Waals surface area contributed by atoms with Gasteiger partial charge in [-0.15, -0.1) is 0 Å². The lowest BCUT2D eigenvalue weighted by Crippen LogP contribution is -2.08. The minimum Gasteiger partial charge on any atom is -0.492 e. The summed E-state index contributed by atoms with van der Waals surface area (Å²) in [7, 11) is 1.58. The van der Waals surface area contributed by atoms with Crippen molar-refractivity contribution in [2.24, 2.45) is 0 Å². The van der Waals surface area contributed by atoms with Gasteiger partial charge in [0.25, 0.3) is 0 Å². The molecule has 0 aromatic heterocycles. The quantitative estimate of drug-likeness (QED) is 0.768. The molecule has 0 aliphatic rings. The van der Waals surface area contributed by atoms with Gasteiger partial charge in [0.1, 0.15) is 12.4 Å². The Morgan fingerprint density at radius 2 is 1.93 bits per heavy atom. The van der Waals surface area contributed by atoms with Crippen molar-refractivity contribution in [3.8, 4) is 5.75 Å². The van der Waals surface area contributed by atoms with Crippen LogP contribution in [0, 0.1) is 13.8 Å². The summed E-state index contributed by atoms with van der Waals surface area (Å²) in [6.45, 7) is 4.05. The standard InChI is InChI=1S/C10H13ClO3S/c1-8-3-4-10(7-9(8)2)14-5-6-15(11,12)13/h3-4,7H,5-6H2,1-2H3.